The highest BCUT2D eigenvalue weighted by molar-refractivity contribution is 5.94. The fraction of sp³-hybridized carbons (Fsp3) is 0.474. The predicted octanol–water partition coefficient (Wildman–Crippen LogP) is 2.07. The van der Waals surface area contributed by atoms with Gasteiger partial charge in [0.05, 0.1) is 24.4 Å². The normalized spacial score (nSPS) is 13.5. The van der Waals surface area contributed by atoms with E-state index in [0.29, 0.717) is 25.1 Å². The molecule has 1 amide bonds. The average molecular weight is 345 g/mol. The zero-order valence-electron chi connectivity index (χ0n) is 15.4. The number of aryl methyl sites for hydroxylation is 2. The zero-order valence-corrected chi connectivity index (χ0v) is 15.4. The predicted molar refractivity (Wildman–Crippen MR) is 96.7 cm³/mol. The van der Waals surface area contributed by atoms with Crippen LogP contribution in [0.5, 0.6) is 0 Å². The molecule has 1 atom stereocenters. The van der Waals surface area contributed by atoms with Crippen molar-refractivity contribution < 1.29 is 14.6 Å². The molecule has 1 heterocycles. The van der Waals surface area contributed by atoms with Gasteiger partial charge in [0, 0.05) is 25.0 Å². The number of aromatic nitrogens is 2. The highest BCUT2D eigenvalue weighted by atomic mass is 16.5. The number of benzene rings is 1. The summed E-state index contributed by atoms with van der Waals surface area (Å²) in [5.74, 6) is -0.178. The number of aliphatic hydroxyl groups excluding tert-OH is 1. The van der Waals surface area contributed by atoms with Crippen LogP contribution in [0.4, 0.5) is 0 Å². The number of ether oxygens (including phenoxy) is 1. The first-order valence-electron chi connectivity index (χ1n) is 8.39. The molecule has 1 aromatic carbocycles. The standard InChI is InChI=1S/C19H27N3O3/c1-14-10-15(2)22(21-14)12-16-6-5-7-17(11-16)18(24)20-19(3,8-9-23)13-25-4/h5-7,10-11,23H,8-9,12-13H2,1-4H3,(H,20,24). The first-order chi connectivity index (χ1) is 11.9. The Morgan fingerprint density at radius 1 is 1.36 bits per heavy atom. The van der Waals surface area contributed by atoms with Crippen LogP contribution in [-0.4, -0.2) is 46.7 Å². The van der Waals surface area contributed by atoms with Crippen LogP contribution in [0.2, 0.25) is 0 Å². The Balaban J connectivity index is 2.14. The lowest BCUT2D eigenvalue weighted by Gasteiger charge is -2.29. The molecule has 0 radical (unpaired) electrons. The van der Waals surface area contributed by atoms with Crippen molar-refractivity contribution in [3.8, 4) is 0 Å². The number of rotatable bonds is 8. The van der Waals surface area contributed by atoms with E-state index in [4.69, 9.17) is 4.74 Å². The van der Waals surface area contributed by atoms with Gasteiger partial charge >= 0.3 is 0 Å². The number of hydrogen-bond donors (Lipinski definition) is 2. The largest absolute Gasteiger partial charge is 0.396 e. The highest BCUT2D eigenvalue weighted by Crippen LogP contribution is 2.14. The lowest BCUT2D eigenvalue weighted by Crippen LogP contribution is -2.50. The van der Waals surface area contributed by atoms with Crippen LogP contribution in [0.25, 0.3) is 0 Å². The highest BCUT2D eigenvalue weighted by Gasteiger charge is 2.26. The van der Waals surface area contributed by atoms with E-state index in [1.54, 1.807) is 13.2 Å². The second-order valence-electron chi connectivity index (χ2n) is 6.71. The summed E-state index contributed by atoms with van der Waals surface area (Å²) < 4.78 is 7.10. The minimum atomic E-state index is -0.605. The fourth-order valence-corrected chi connectivity index (χ4v) is 2.90. The molecule has 0 aliphatic heterocycles. The summed E-state index contributed by atoms with van der Waals surface area (Å²) in [6.07, 6.45) is 0.429. The fourth-order valence-electron chi connectivity index (χ4n) is 2.90. The lowest BCUT2D eigenvalue weighted by atomic mass is 9.98. The maximum Gasteiger partial charge on any atom is 0.251 e. The molecular formula is C19H27N3O3. The molecule has 0 aliphatic rings. The van der Waals surface area contributed by atoms with Gasteiger partial charge in [0.2, 0.25) is 0 Å². The maximum absolute atomic E-state index is 12.6. The third-order valence-electron chi connectivity index (χ3n) is 4.17. The Bertz CT molecular complexity index is 718. The quantitative estimate of drug-likeness (QED) is 0.768. The summed E-state index contributed by atoms with van der Waals surface area (Å²) in [5, 5.41) is 16.7. The zero-order chi connectivity index (χ0) is 18.4. The molecule has 25 heavy (non-hydrogen) atoms. The van der Waals surface area contributed by atoms with E-state index in [0.717, 1.165) is 17.0 Å². The Hall–Kier alpha value is -2.18. The number of hydrogen-bond acceptors (Lipinski definition) is 4. The molecule has 1 unspecified atom stereocenters. The molecule has 2 aromatic rings. The molecule has 1 aromatic heterocycles. The molecule has 0 aliphatic carbocycles. The van der Waals surface area contributed by atoms with E-state index >= 15 is 0 Å². The van der Waals surface area contributed by atoms with Gasteiger partial charge in [-0.25, -0.2) is 0 Å². The smallest absolute Gasteiger partial charge is 0.251 e. The number of methoxy groups -OCH3 is 1. The number of nitrogens with one attached hydrogen (secondary N) is 1. The third kappa shape index (κ3) is 5.14. The molecule has 6 nitrogen and oxygen atoms in total. The molecule has 0 spiro atoms. The lowest BCUT2D eigenvalue weighted by molar-refractivity contribution is 0.0725. The van der Waals surface area contributed by atoms with Gasteiger partial charge in [-0.3, -0.25) is 9.48 Å². The van der Waals surface area contributed by atoms with Crippen molar-refractivity contribution in [3.05, 3.63) is 52.8 Å². The molecule has 136 valence electrons. The van der Waals surface area contributed by atoms with Crippen molar-refractivity contribution in [2.75, 3.05) is 20.3 Å². The van der Waals surface area contributed by atoms with Crippen LogP contribution in [-0.2, 0) is 11.3 Å². The summed E-state index contributed by atoms with van der Waals surface area (Å²) in [6, 6.07) is 9.54. The van der Waals surface area contributed by atoms with Gasteiger partial charge in [-0.05, 0) is 51.0 Å². The molecule has 0 saturated carbocycles. The number of nitrogens with zero attached hydrogens (tertiary/aromatic N) is 2. The van der Waals surface area contributed by atoms with Gasteiger partial charge in [-0.15, -0.1) is 0 Å². The van der Waals surface area contributed by atoms with Gasteiger partial charge in [0.1, 0.15) is 0 Å². The van der Waals surface area contributed by atoms with Crippen LogP contribution in [0.15, 0.2) is 30.3 Å². The van der Waals surface area contributed by atoms with Crippen LogP contribution < -0.4 is 5.32 Å². The van der Waals surface area contributed by atoms with Crippen LogP contribution in [0.3, 0.4) is 0 Å². The monoisotopic (exact) mass is 345 g/mol. The van der Waals surface area contributed by atoms with Crippen molar-refractivity contribution in [1.82, 2.24) is 15.1 Å². The van der Waals surface area contributed by atoms with Crippen LogP contribution in [0.1, 0.15) is 40.7 Å². The topological polar surface area (TPSA) is 76.4 Å². The van der Waals surface area contributed by atoms with Crippen LogP contribution in [0, 0.1) is 13.8 Å². The van der Waals surface area contributed by atoms with Gasteiger partial charge < -0.3 is 15.2 Å². The number of aliphatic hydroxyl groups is 1. The van der Waals surface area contributed by atoms with Crippen molar-refractivity contribution in [1.29, 1.82) is 0 Å². The SMILES string of the molecule is COCC(C)(CCO)NC(=O)c1cccc(Cn2nc(C)cc2C)c1. The molecule has 0 saturated heterocycles. The first-order valence-corrected chi connectivity index (χ1v) is 8.39. The molecule has 6 heteroatoms. The summed E-state index contributed by atoms with van der Waals surface area (Å²) in [5.41, 5.74) is 3.05. The van der Waals surface area contributed by atoms with Gasteiger partial charge in [0.15, 0.2) is 0 Å². The maximum atomic E-state index is 12.6. The van der Waals surface area contributed by atoms with Crippen molar-refractivity contribution in [2.45, 2.75) is 39.3 Å². The number of amides is 1. The Kier molecular flexibility index (Phi) is 6.33. The van der Waals surface area contributed by atoms with E-state index in [1.165, 1.54) is 0 Å². The van der Waals surface area contributed by atoms with E-state index in [1.807, 2.05) is 49.7 Å². The van der Waals surface area contributed by atoms with E-state index in [-0.39, 0.29) is 12.5 Å². The van der Waals surface area contributed by atoms with Crippen molar-refractivity contribution >= 4 is 5.91 Å². The molecule has 0 bridgehead atoms. The Morgan fingerprint density at radius 3 is 2.72 bits per heavy atom. The molecule has 2 N–H and O–H groups in total. The average Bonchev–Trinajstić information content (AvgIpc) is 2.85. The molecule has 0 fully saturated rings. The van der Waals surface area contributed by atoms with E-state index in [2.05, 4.69) is 10.4 Å². The number of carbonyl (C=O) groups excluding carboxylic acids is 1. The molecular weight excluding hydrogens is 318 g/mol. The summed E-state index contributed by atoms with van der Waals surface area (Å²) >= 11 is 0. The number of carbonyl (C=O) groups is 1. The third-order valence-corrected chi connectivity index (χ3v) is 4.17. The summed E-state index contributed by atoms with van der Waals surface area (Å²) in [6.45, 7) is 6.78. The first kappa shape index (κ1) is 19.1. The minimum Gasteiger partial charge on any atom is -0.396 e. The van der Waals surface area contributed by atoms with Crippen molar-refractivity contribution in [2.24, 2.45) is 0 Å². The summed E-state index contributed by atoms with van der Waals surface area (Å²) in [7, 11) is 1.58. The molecule has 2 rings (SSSR count). The van der Waals surface area contributed by atoms with E-state index < -0.39 is 5.54 Å². The van der Waals surface area contributed by atoms with Gasteiger partial charge in [0.25, 0.3) is 5.91 Å². The van der Waals surface area contributed by atoms with E-state index in [9.17, 15) is 9.90 Å². The second kappa shape index (κ2) is 8.27. The Morgan fingerprint density at radius 2 is 2.12 bits per heavy atom. The summed E-state index contributed by atoms with van der Waals surface area (Å²) in [4.78, 5) is 12.6. The van der Waals surface area contributed by atoms with Gasteiger partial charge in [-0.1, -0.05) is 12.1 Å². The Labute approximate surface area is 148 Å². The second-order valence-corrected chi connectivity index (χ2v) is 6.71. The van der Waals surface area contributed by atoms with Gasteiger partial charge in [-0.2, -0.15) is 5.10 Å². The minimum absolute atomic E-state index is 0.0158. The van der Waals surface area contributed by atoms with Crippen molar-refractivity contribution in [3.63, 3.8) is 0 Å². The van der Waals surface area contributed by atoms with Crippen LogP contribution >= 0.6 is 0 Å².